The number of hydrogen-bond acceptors (Lipinski definition) is 5. The molecule has 8 heteroatoms. The average Bonchev–Trinajstić information content (AvgIpc) is 2.79. The van der Waals surface area contributed by atoms with E-state index in [2.05, 4.69) is 14.3 Å². The number of ether oxygens (including phenoxy) is 1. The van der Waals surface area contributed by atoms with Crippen LogP contribution in [0, 0.1) is 14.3 Å². The van der Waals surface area contributed by atoms with E-state index in [0.29, 0.717) is 25.3 Å². The first-order chi connectivity index (χ1) is 9.63. The van der Waals surface area contributed by atoms with Crippen LogP contribution in [0.1, 0.15) is 13.2 Å². The molecule has 109 valence electrons. The van der Waals surface area contributed by atoms with Crippen molar-refractivity contribution in [3.8, 4) is 0 Å². The van der Waals surface area contributed by atoms with Crippen molar-refractivity contribution in [1.82, 2.24) is 0 Å². The third-order valence-corrected chi connectivity index (χ3v) is 2.57. The normalized spacial score (nSPS) is 27.7. The number of nitrogens with zero attached hydrogens (tertiary/aromatic N) is 1. The number of rotatable bonds is 2. The Morgan fingerprint density at radius 1 is 1.45 bits per heavy atom. The summed E-state index contributed by atoms with van der Waals surface area (Å²) in [7, 11) is 2.50. The van der Waals surface area contributed by atoms with Crippen LogP contribution in [0.4, 0.5) is 0 Å². The fraction of sp³-hybridized carbons (Fsp3) is 0.333. The molecule has 1 aliphatic heterocycles. The first-order valence-corrected chi connectivity index (χ1v) is 6.23. The Hall–Kier alpha value is 0.292. The first-order valence-electron chi connectivity index (χ1n) is 5.74. The van der Waals surface area contributed by atoms with E-state index < -0.39 is 24.5 Å². The van der Waals surface area contributed by atoms with Crippen molar-refractivity contribution in [2.45, 2.75) is 24.5 Å². The zero-order chi connectivity index (χ0) is 15.7. The van der Waals surface area contributed by atoms with Gasteiger partial charge in [-0.1, -0.05) is 11.6 Å². The van der Waals surface area contributed by atoms with Crippen molar-refractivity contribution >= 4 is 6.29 Å². The molecule has 20 heavy (non-hydrogen) atoms. The molecule has 0 aromatic carbocycles. The molecule has 1 saturated heterocycles. The van der Waals surface area contributed by atoms with E-state index in [1.165, 1.54) is 10.8 Å². The first kappa shape index (κ1) is 20.3. The summed E-state index contributed by atoms with van der Waals surface area (Å²) in [5.74, 6) is 0. The minimum absolute atomic E-state index is 0. The molecule has 0 aliphatic carbocycles. The van der Waals surface area contributed by atoms with E-state index in [-0.39, 0.29) is 32.7 Å². The number of aliphatic hydroxyl groups excluding tert-OH is 2. The maximum Gasteiger partial charge on any atom is 0 e. The van der Waals surface area contributed by atoms with Gasteiger partial charge in [0.1, 0.15) is 6.20 Å². The summed E-state index contributed by atoms with van der Waals surface area (Å²) in [5, 5.41) is 19.2. The summed E-state index contributed by atoms with van der Waals surface area (Å²) in [6.07, 6.45) is 1.37. The molecule has 6 nitrogen and oxygen atoms in total. The Bertz CT molecular complexity index is 428. The molecule has 1 fully saturated rings. The minimum atomic E-state index is -1.06. The third-order valence-electron chi connectivity index (χ3n) is 2.57. The second-order valence-electron chi connectivity index (χ2n) is 3.69. The molecule has 1 aliphatic rings. The molecule has 2 N–H and O–H groups in total. The molecule has 2 heterocycles. The fourth-order valence-corrected chi connectivity index (χ4v) is 1.69. The Kier molecular flexibility index (Phi) is 11.1. The number of hydrogen-bond donors (Lipinski definition) is 2. The van der Waals surface area contributed by atoms with Gasteiger partial charge in [0, 0.05) is 32.7 Å². The van der Waals surface area contributed by atoms with Gasteiger partial charge in [0.05, 0.1) is 18.6 Å². The van der Waals surface area contributed by atoms with Crippen molar-refractivity contribution in [3.05, 3.63) is 44.4 Å². The second-order valence-corrected chi connectivity index (χ2v) is 3.69. The molecule has 1 aromatic heterocycles. The van der Waals surface area contributed by atoms with Gasteiger partial charge in [-0.15, -0.1) is 6.07 Å². The van der Waals surface area contributed by atoms with Crippen LogP contribution in [0.5, 0.6) is 0 Å². The van der Waals surface area contributed by atoms with Crippen molar-refractivity contribution in [2.24, 2.45) is 0 Å². The molecular formula is C12H15NO5WY-2. The number of carbonyl (C=O) groups excluding carboxylic acids is 1. The van der Waals surface area contributed by atoms with Crippen LogP contribution in [-0.2, 0) is 65.4 Å². The quantitative estimate of drug-likeness (QED) is 0.390. The SMILES string of the molecule is [2H][CH2-].[CH2-][C@H]1O[C@@H]([n+]2cccc([C-]=O)c2)[C@H](O)[C@@H]1O.[O]=[W].[Y]. The minimum Gasteiger partial charge on any atom is 0 e. The molecule has 1 radical (unpaired) electrons. The maximum absolute atomic E-state index is 10.5. The van der Waals surface area contributed by atoms with E-state index in [0.717, 1.165) is 0 Å². The fourth-order valence-electron chi connectivity index (χ4n) is 1.69. The zero-order valence-electron chi connectivity index (χ0n) is 11.6. The molecule has 2 rings (SSSR count). The molecular weight excluding hydrogens is 511 g/mol. The van der Waals surface area contributed by atoms with Crippen LogP contribution in [0.2, 0.25) is 0 Å². The van der Waals surface area contributed by atoms with Crippen molar-refractivity contribution in [2.75, 3.05) is 0 Å². The van der Waals surface area contributed by atoms with E-state index in [1.807, 2.05) is 0 Å². The third kappa shape index (κ3) is 5.25. The molecule has 1 aromatic rings. The summed E-state index contributed by atoms with van der Waals surface area (Å²) in [4.78, 5) is 10.5. The van der Waals surface area contributed by atoms with Crippen LogP contribution >= 0.6 is 0 Å². The van der Waals surface area contributed by atoms with E-state index in [4.69, 9.17) is 9.51 Å². The number of pyridine rings is 1. The largest absolute Gasteiger partial charge is 0 e. The molecule has 4 atom stereocenters. The van der Waals surface area contributed by atoms with Crippen LogP contribution in [0.15, 0.2) is 24.5 Å². The van der Waals surface area contributed by atoms with Gasteiger partial charge in [-0.3, -0.25) is 0 Å². The van der Waals surface area contributed by atoms with Gasteiger partial charge in [0.25, 0.3) is 6.23 Å². The smallest absolute Gasteiger partial charge is 0 e. The zero-order valence-corrected chi connectivity index (χ0v) is 16.4. The van der Waals surface area contributed by atoms with Gasteiger partial charge in [0.15, 0.2) is 6.10 Å². The molecule has 0 amide bonds. The van der Waals surface area contributed by atoms with E-state index in [9.17, 15) is 15.0 Å². The van der Waals surface area contributed by atoms with Gasteiger partial charge in [-0.05, 0) is 6.10 Å². The maximum atomic E-state index is 10.5. The Labute approximate surface area is 156 Å². The monoisotopic (exact) mass is 527 g/mol. The molecule has 0 unspecified atom stereocenters. The summed E-state index contributed by atoms with van der Waals surface area (Å²) < 4.78 is 20.6. The molecule has 0 spiro atoms. The number of aromatic nitrogens is 1. The van der Waals surface area contributed by atoms with Crippen LogP contribution < -0.4 is 4.57 Å². The van der Waals surface area contributed by atoms with Gasteiger partial charge < -0.3 is 34.1 Å². The van der Waals surface area contributed by atoms with Crippen LogP contribution in [-0.4, -0.2) is 34.8 Å². The van der Waals surface area contributed by atoms with Crippen LogP contribution in [0.25, 0.3) is 0 Å². The predicted octanol–water partition coefficient (Wildman–Crippen LogP) is -0.788. The summed E-state index contributed by atoms with van der Waals surface area (Å²) in [6, 6.07) is 3.22. The Morgan fingerprint density at radius 2 is 2.05 bits per heavy atom. The van der Waals surface area contributed by atoms with Gasteiger partial charge in [-0.25, -0.2) is 5.94 Å². The van der Waals surface area contributed by atoms with Gasteiger partial charge >= 0.3 is 23.2 Å². The Balaban J connectivity index is 0. The van der Waals surface area contributed by atoms with Crippen molar-refractivity contribution in [3.63, 3.8) is 0 Å². The summed E-state index contributed by atoms with van der Waals surface area (Å²) >= 11 is 0.333. The van der Waals surface area contributed by atoms with Crippen molar-refractivity contribution in [1.29, 1.82) is 0 Å². The van der Waals surface area contributed by atoms with E-state index >= 15 is 0 Å². The van der Waals surface area contributed by atoms with E-state index in [1.54, 1.807) is 24.6 Å². The Morgan fingerprint density at radius 3 is 2.50 bits per heavy atom. The number of aliphatic hydroxyl groups is 2. The van der Waals surface area contributed by atoms with Crippen LogP contribution in [0.3, 0.4) is 0 Å². The molecule has 0 saturated carbocycles. The van der Waals surface area contributed by atoms with Gasteiger partial charge in [-0.2, -0.15) is 0 Å². The standard InChI is InChI=1S/C11H12NO4.CH3.O.W.Y/c1-7-9(14)10(15)11(16-7)12-4-2-3-8(5-12)6-13;;;;/h2-5,7,9-11,14-15H,1H2;1H3;;;/q2*-1;;;/t7-,9-,10-,11-;;;;/m1..../s1/i;1D;;;. The van der Waals surface area contributed by atoms with Crippen molar-refractivity contribution < 1.29 is 81.6 Å². The summed E-state index contributed by atoms with van der Waals surface area (Å²) in [5.41, 5.74) is 0.348. The second kappa shape index (κ2) is 10.9. The molecule has 0 bridgehead atoms. The summed E-state index contributed by atoms with van der Waals surface area (Å²) in [6.45, 7) is 3.56. The average molecular weight is 527 g/mol. The van der Waals surface area contributed by atoms with Gasteiger partial charge in [0.2, 0.25) is 0 Å². The predicted molar refractivity (Wildman–Crippen MR) is 59.8 cm³/mol. The topological polar surface area (TPSA) is 87.7 Å².